The molecule has 19 heavy (non-hydrogen) atoms. The molecule has 0 radical (unpaired) electrons. The fraction of sp³-hybridized carbons (Fsp3) is 0.250. The molecule has 0 aromatic heterocycles. The van der Waals surface area contributed by atoms with Crippen LogP contribution in [0, 0.1) is 3.57 Å². The van der Waals surface area contributed by atoms with Gasteiger partial charge in [-0.3, -0.25) is 0 Å². The first-order valence-electron chi connectivity index (χ1n) is 6.10. The molecule has 0 aliphatic heterocycles. The Morgan fingerprint density at radius 3 is 2.26 bits per heavy atom. The van der Waals surface area contributed by atoms with Gasteiger partial charge in [-0.25, -0.2) is 0 Å². The van der Waals surface area contributed by atoms with E-state index in [2.05, 4.69) is 71.4 Å². The first-order chi connectivity index (χ1) is 8.88. The number of para-hydroxylation sites is 1. The number of hydrogen-bond acceptors (Lipinski definition) is 1. The molecule has 100 valence electrons. The maximum atomic E-state index is 5.95. The minimum Gasteiger partial charge on any atom is -0.455 e. The van der Waals surface area contributed by atoms with Gasteiger partial charge in [0.25, 0.3) is 0 Å². The van der Waals surface area contributed by atoms with Crippen LogP contribution in [-0.2, 0) is 5.41 Å². The van der Waals surface area contributed by atoms with Gasteiger partial charge >= 0.3 is 0 Å². The van der Waals surface area contributed by atoms with Crippen molar-refractivity contribution >= 4 is 38.5 Å². The van der Waals surface area contributed by atoms with Gasteiger partial charge in [0.05, 0.1) is 8.04 Å². The minimum absolute atomic E-state index is 0.141. The summed E-state index contributed by atoms with van der Waals surface area (Å²) in [5.74, 6) is 1.73. The Morgan fingerprint density at radius 1 is 1.00 bits per heavy atom. The van der Waals surface area contributed by atoms with Gasteiger partial charge in [0.2, 0.25) is 0 Å². The van der Waals surface area contributed by atoms with E-state index >= 15 is 0 Å². The molecule has 3 heteroatoms. The molecule has 0 amide bonds. The van der Waals surface area contributed by atoms with Gasteiger partial charge in [0.1, 0.15) is 11.5 Å². The summed E-state index contributed by atoms with van der Waals surface area (Å²) in [6.07, 6.45) is 0. The Kier molecular flexibility index (Phi) is 4.56. The van der Waals surface area contributed by atoms with E-state index in [1.165, 1.54) is 5.56 Å². The third-order valence-electron chi connectivity index (χ3n) is 2.85. The maximum Gasteiger partial charge on any atom is 0.141 e. The molecule has 2 aromatic carbocycles. The van der Waals surface area contributed by atoms with Crippen molar-refractivity contribution in [3.8, 4) is 11.5 Å². The quantitative estimate of drug-likeness (QED) is 0.519. The van der Waals surface area contributed by atoms with Crippen LogP contribution in [0.2, 0.25) is 0 Å². The van der Waals surface area contributed by atoms with E-state index in [0.717, 1.165) is 19.5 Å². The molecule has 0 bridgehead atoms. The van der Waals surface area contributed by atoms with E-state index in [1.54, 1.807) is 0 Å². The normalized spacial score (nSPS) is 11.4. The van der Waals surface area contributed by atoms with Crippen LogP contribution >= 0.6 is 38.5 Å². The molecule has 2 rings (SSSR count). The Hall–Kier alpha value is -0.550. The number of ether oxygens (including phenoxy) is 1. The first kappa shape index (κ1) is 14.9. The van der Waals surface area contributed by atoms with Gasteiger partial charge < -0.3 is 4.74 Å². The Morgan fingerprint density at radius 2 is 1.68 bits per heavy atom. The topological polar surface area (TPSA) is 9.23 Å². The molecule has 0 heterocycles. The Balaban J connectivity index is 2.30. The lowest BCUT2D eigenvalue weighted by atomic mass is 9.87. The van der Waals surface area contributed by atoms with Crippen molar-refractivity contribution in [2.75, 3.05) is 0 Å². The summed E-state index contributed by atoms with van der Waals surface area (Å²) in [5, 5.41) is 0. The van der Waals surface area contributed by atoms with Crippen molar-refractivity contribution in [2.24, 2.45) is 0 Å². The maximum absolute atomic E-state index is 5.95. The fourth-order valence-corrected chi connectivity index (χ4v) is 2.65. The lowest BCUT2D eigenvalue weighted by Crippen LogP contribution is -2.10. The molecule has 0 saturated heterocycles. The monoisotopic (exact) mass is 430 g/mol. The summed E-state index contributed by atoms with van der Waals surface area (Å²) in [6.45, 7) is 6.61. The molecule has 0 atom stereocenters. The summed E-state index contributed by atoms with van der Waals surface area (Å²) < 4.78 is 8.04. The Labute approximate surface area is 136 Å². The number of rotatable bonds is 2. The summed E-state index contributed by atoms with van der Waals surface area (Å²) >= 11 is 5.87. The van der Waals surface area contributed by atoms with Crippen LogP contribution in [0.15, 0.2) is 46.9 Å². The van der Waals surface area contributed by atoms with E-state index in [0.29, 0.717) is 0 Å². The molecule has 0 spiro atoms. The van der Waals surface area contributed by atoms with Crippen LogP contribution in [0.25, 0.3) is 0 Å². The summed E-state index contributed by atoms with van der Waals surface area (Å²) in [4.78, 5) is 0. The second-order valence-corrected chi connectivity index (χ2v) is 7.44. The molecular weight excluding hydrogens is 415 g/mol. The van der Waals surface area contributed by atoms with Gasteiger partial charge in [-0.05, 0) is 73.8 Å². The van der Waals surface area contributed by atoms with Crippen LogP contribution in [0.1, 0.15) is 26.3 Å². The van der Waals surface area contributed by atoms with E-state index in [4.69, 9.17) is 4.74 Å². The van der Waals surface area contributed by atoms with Crippen molar-refractivity contribution in [1.29, 1.82) is 0 Å². The summed E-state index contributed by atoms with van der Waals surface area (Å²) in [6, 6.07) is 14.3. The highest BCUT2D eigenvalue weighted by atomic mass is 127. The molecule has 0 aliphatic rings. The predicted octanol–water partition coefficient (Wildman–Crippen LogP) is 6.14. The zero-order chi connectivity index (χ0) is 14.0. The van der Waals surface area contributed by atoms with Crippen molar-refractivity contribution in [3.63, 3.8) is 0 Å². The minimum atomic E-state index is 0.141. The highest BCUT2D eigenvalue weighted by Gasteiger charge is 2.15. The second-order valence-electron chi connectivity index (χ2n) is 5.43. The van der Waals surface area contributed by atoms with Crippen LogP contribution in [0.5, 0.6) is 11.5 Å². The average molecular weight is 431 g/mol. The van der Waals surface area contributed by atoms with E-state index < -0.39 is 0 Å². The summed E-state index contributed by atoms with van der Waals surface area (Å²) in [5.41, 5.74) is 1.43. The smallest absolute Gasteiger partial charge is 0.141 e. The Bertz CT molecular complexity index is 588. The van der Waals surface area contributed by atoms with Crippen molar-refractivity contribution in [2.45, 2.75) is 26.2 Å². The number of hydrogen-bond donors (Lipinski definition) is 0. The van der Waals surface area contributed by atoms with Crippen molar-refractivity contribution in [3.05, 3.63) is 56.1 Å². The fourth-order valence-electron chi connectivity index (χ4n) is 1.70. The standard InChI is InChI=1S/C16H16BrIO/c1-16(2,3)11-8-9-14(12(17)10-11)19-15-7-5-4-6-13(15)18/h4-10H,1-3H3. The van der Waals surface area contributed by atoms with Gasteiger partial charge in [-0.15, -0.1) is 0 Å². The van der Waals surface area contributed by atoms with Crippen LogP contribution in [0.4, 0.5) is 0 Å². The first-order valence-corrected chi connectivity index (χ1v) is 7.97. The third kappa shape index (κ3) is 3.72. The zero-order valence-corrected chi connectivity index (χ0v) is 14.9. The molecule has 0 fully saturated rings. The highest BCUT2D eigenvalue weighted by molar-refractivity contribution is 14.1. The van der Waals surface area contributed by atoms with Crippen molar-refractivity contribution in [1.82, 2.24) is 0 Å². The molecule has 2 aromatic rings. The van der Waals surface area contributed by atoms with E-state index in [9.17, 15) is 0 Å². The van der Waals surface area contributed by atoms with Gasteiger partial charge in [0, 0.05) is 0 Å². The van der Waals surface area contributed by atoms with Gasteiger partial charge in [-0.2, -0.15) is 0 Å². The van der Waals surface area contributed by atoms with Crippen LogP contribution < -0.4 is 4.74 Å². The molecule has 1 nitrogen and oxygen atoms in total. The third-order valence-corrected chi connectivity index (χ3v) is 4.37. The predicted molar refractivity (Wildman–Crippen MR) is 92.1 cm³/mol. The number of benzene rings is 2. The van der Waals surface area contributed by atoms with E-state index in [1.807, 2.05) is 30.3 Å². The van der Waals surface area contributed by atoms with E-state index in [-0.39, 0.29) is 5.41 Å². The molecule has 0 N–H and O–H groups in total. The van der Waals surface area contributed by atoms with Gasteiger partial charge in [-0.1, -0.05) is 39.0 Å². The second kappa shape index (κ2) is 5.83. The molecule has 0 aliphatic carbocycles. The van der Waals surface area contributed by atoms with Gasteiger partial charge in [0.15, 0.2) is 0 Å². The van der Waals surface area contributed by atoms with Crippen LogP contribution in [0.3, 0.4) is 0 Å². The molecule has 0 unspecified atom stereocenters. The molecule has 0 saturated carbocycles. The SMILES string of the molecule is CC(C)(C)c1ccc(Oc2ccccc2I)c(Br)c1. The largest absolute Gasteiger partial charge is 0.455 e. The lowest BCUT2D eigenvalue weighted by Gasteiger charge is -2.20. The highest BCUT2D eigenvalue weighted by Crippen LogP contribution is 2.35. The lowest BCUT2D eigenvalue weighted by molar-refractivity contribution is 0.475. The molecular formula is C16H16BrIO. The summed E-state index contributed by atoms with van der Waals surface area (Å²) in [7, 11) is 0. The average Bonchev–Trinajstić information content (AvgIpc) is 2.33. The zero-order valence-electron chi connectivity index (χ0n) is 11.2. The number of halogens is 2. The van der Waals surface area contributed by atoms with Crippen LogP contribution in [-0.4, -0.2) is 0 Å². The van der Waals surface area contributed by atoms with Crippen molar-refractivity contribution < 1.29 is 4.74 Å².